The zero-order valence-corrected chi connectivity index (χ0v) is 11.2. The molecule has 0 saturated heterocycles. The number of aryl methyl sites for hydroxylation is 1. The first-order valence-electron chi connectivity index (χ1n) is 3.67. The van der Waals surface area contributed by atoms with E-state index in [0.29, 0.717) is 5.56 Å². The third kappa shape index (κ3) is 4.17. The Morgan fingerprint density at radius 2 is 2.00 bits per heavy atom. The van der Waals surface area contributed by atoms with Crippen LogP contribution in [-0.2, 0) is 10.9 Å². The van der Waals surface area contributed by atoms with Crippen molar-refractivity contribution in [2.75, 3.05) is 4.72 Å². The molecule has 0 heterocycles. The van der Waals surface area contributed by atoms with Crippen molar-refractivity contribution < 1.29 is 13.3 Å². The molecule has 0 bridgehead atoms. The monoisotopic (exact) mass is 239 g/mol. The molecule has 1 rings (SSSR count). The fourth-order valence-corrected chi connectivity index (χ4v) is 1.33. The van der Waals surface area contributed by atoms with Crippen molar-refractivity contribution in [2.45, 2.75) is 6.92 Å². The van der Waals surface area contributed by atoms with Crippen LogP contribution in [0.3, 0.4) is 0 Å². The number of nitrogens with one attached hydrogen (secondary N) is 1. The Kier molecular flexibility index (Phi) is 5.81. The van der Waals surface area contributed by atoms with E-state index in [9.17, 15) is 18.5 Å². The van der Waals surface area contributed by atoms with E-state index in [4.69, 9.17) is 0 Å². The van der Waals surface area contributed by atoms with Gasteiger partial charge in [0.05, 0.1) is 10.6 Å². The third-order valence-electron chi connectivity index (χ3n) is 1.63. The number of hydrogen-bond acceptors (Lipinski definition) is 4. The number of nitro groups is 1. The van der Waals surface area contributed by atoms with Gasteiger partial charge in [-0.05, 0) is 13.0 Å². The Balaban J connectivity index is 0.00000196. The number of rotatable bonds is 3. The van der Waals surface area contributed by atoms with Crippen molar-refractivity contribution in [3.63, 3.8) is 0 Å². The van der Waals surface area contributed by atoms with Crippen molar-refractivity contribution in [2.24, 2.45) is 0 Å². The fraction of sp³-hybridized carbons (Fsp3) is 0.143. The predicted molar refractivity (Wildman–Crippen MR) is 57.5 cm³/mol. The van der Waals surface area contributed by atoms with Gasteiger partial charge in [0.2, 0.25) is 10.9 Å². The van der Waals surface area contributed by atoms with Gasteiger partial charge in [-0.25, -0.2) is 8.42 Å². The molecule has 77 valence electrons. The van der Waals surface area contributed by atoms with Crippen molar-refractivity contribution in [1.82, 2.24) is 0 Å². The SMILES string of the molecule is Cc1ccc(N[SH](=O)=O)cc1[N+](=O)[O-].[Na]. The van der Waals surface area contributed by atoms with Crippen LogP contribution in [0, 0.1) is 17.0 Å². The van der Waals surface area contributed by atoms with Gasteiger partial charge in [-0.15, -0.1) is 0 Å². The minimum Gasteiger partial charge on any atom is -0.285 e. The summed E-state index contributed by atoms with van der Waals surface area (Å²) in [5.41, 5.74) is 0.576. The van der Waals surface area contributed by atoms with Crippen molar-refractivity contribution >= 4 is 51.8 Å². The van der Waals surface area contributed by atoms with E-state index >= 15 is 0 Å². The molecule has 6 nitrogen and oxygen atoms in total. The van der Waals surface area contributed by atoms with Crippen LogP contribution in [0.1, 0.15) is 5.56 Å². The first-order chi connectivity index (χ1) is 6.50. The van der Waals surface area contributed by atoms with E-state index in [1.165, 1.54) is 18.2 Å². The van der Waals surface area contributed by atoms with Gasteiger partial charge in [0, 0.05) is 41.2 Å². The molecule has 0 aromatic heterocycles. The molecule has 0 saturated carbocycles. The van der Waals surface area contributed by atoms with Gasteiger partial charge in [-0.3, -0.25) is 14.8 Å². The number of nitro benzene ring substituents is 1. The molecule has 0 atom stereocenters. The standard InChI is InChI=1S/C7H8N2O4S.Na/c1-5-2-3-6(8-14(12)13)4-7(5)9(10)11;/h2-4,14H,1H3,(H,8,12,13);. The van der Waals surface area contributed by atoms with Crippen molar-refractivity contribution in [3.8, 4) is 0 Å². The molecular weight excluding hydrogens is 231 g/mol. The van der Waals surface area contributed by atoms with Gasteiger partial charge >= 0.3 is 0 Å². The summed E-state index contributed by atoms with van der Waals surface area (Å²) in [6, 6.07) is 4.13. The first-order valence-corrected chi connectivity index (χ1v) is 4.84. The summed E-state index contributed by atoms with van der Waals surface area (Å²) in [6.07, 6.45) is 0. The molecule has 1 N–H and O–H groups in total. The Hall–Kier alpha value is -0.630. The number of anilines is 1. The maximum Gasteiger partial charge on any atom is 0.274 e. The molecule has 15 heavy (non-hydrogen) atoms. The molecule has 0 fully saturated rings. The summed E-state index contributed by atoms with van der Waals surface area (Å²) in [5, 5.41) is 10.5. The predicted octanol–water partition coefficient (Wildman–Crippen LogP) is 0.461. The Morgan fingerprint density at radius 3 is 2.47 bits per heavy atom. The molecule has 1 aromatic rings. The summed E-state index contributed by atoms with van der Waals surface area (Å²) in [7, 11) is -2.79. The Labute approximate surface area is 110 Å². The Morgan fingerprint density at radius 1 is 1.40 bits per heavy atom. The van der Waals surface area contributed by atoms with Gasteiger partial charge in [0.15, 0.2) is 0 Å². The summed E-state index contributed by atoms with van der Waals surface area (Å²) in [5.74, 6) is 0. The maximum atomic E-state index is 10.5. The molecule has 1 radical (unpaired) electrons. The summed E-state index contributed by atoms with van der Waals surface area (Å²) in [6.45, 7) is 1.58. The van der Waals surface area contributed by atoms with Crippen LogP contribution in [0.5, 0.6) is 0 Å². The topological polar surface area (TPSA) is 89.3 Å². The van der Waals surface area contributed by atoms with Gasteiger partial charge in [0.25, 0.3) is 5.69 Å². The van der Waals surface area contributed by atoms with E-state index in [2.05, 4.69) is 4.72 Å². The Bertz CT molecular complexity index is 439. The molecule has 0 aliphatic heterocycles. The van der Waals surface area contributed by atoms with Crippen LogP contribution in [0.15, 0.2) is 18.2 Å². The second-order valence-electron chi connectivity index (χ2n) is 2.63. The minimum absolute atomic E-state index is 0. The maximum absolute atomic E-state index is 10.5. The zero-order chi connectivity index (χ0) is 10.7. The van der Waals surface area contributed by atoms with Crippen LogP contribution in [0.2, 0.25) is 0 Å². The molecule has 8 heteroatoms. The van der Waals surface area contributed by atoms with Gasteiger partial charge < -0.3 is 0 Å². The number of thiol groups is 1. The normalized spacial score (nSPS) is 9.47. The molecule has 1 aromatic carbocycles. The van der Waals surface area contributed by atoms with E-state index in [-0.39, 0.29) is 40.9 Å². The van der Waals surface area contributed by atoms with E-state index < -0.39 is 15.8 Å². The van der Waals surface area contributed by atoms with Gasteiger partial charge in [-0.2, -0.15) is 0 Å². The smallest absolute Gasteiger partial charge is 0.274 e. The first kappa shape index (κ1) is 14.4. The second kappa shape index (κ2) is 6.06. The summed E-state index contributed by atoms with van der Waals surface area (Å²) < 4.78 is 22.7. The average molecular weight is 239 g/mol. The van der Waals surface area contributed by atoms with Crippen LogP contribution >= 0.6 is 0 Å². The molecule has 0 unspecified atom stereocenters. The van der Waals surface area contributed by atoms with Crippen molar-refractivity contribution in [3.05, 3.63) is 33.9 Å². The quantitative estimate of drug-likeness (QED) is 0.347. The van der Waals surface area contributed by atoms with Crippen LogP contribution < -0.4 is 4.72 Å². The largest absolute Gasteiger partial charge is 0.285 e. The second-order valence-corrected chi connectivity index (χ2v) is 3.37. The van der Waals surface area contributed by atoms with Crippen molar-refractivity contribution in [1.29, 1.82) is 0 Å². The summed E-state index contributed by atoms with van der Waals surface area (Å²) >= 11 is 0. The third-order valence-corrected chi connectivity index (χ3v) is 2.07. The van der Waals surface area contributed by atoms with E-state index in [1.807, 2.05) is 0 Å². The number of nitrogens with zero attached hydrogens (tertiary/aromatic N) is 1. The van der Waals surface area contributed by atoms with Gasteiger partial charge in [-0.1, -0.05) is 6.07 Å². The summed E-state index contributed by atoms with van der Waals surface area (Å²) in [4.78, 5) is 9.93. The van der Waals surface area contributed by atoms with Crippen LogP contribution in [0.25, 0.3) is 0 Å². The van der Waals surface area contributed by atoms with Crippen LogP contribution in [0.4, 0.5) is 11.4 Å². The fourth-order valence-electron chi connectivity index (χ4n) is 0.981. The van der Waals surface area contributed by atoms with E-state index in [0.717, 1.165) is 0 Å². The molecule has 0 aliphatic carbocycles. The van der Waals surface area contributed by atoms with E-state index in [1.54, 1.807) is 6.92 Å². The van der Waals surface area contributed by atoms with Crippen LogP contribution in [-0.4, -0.2) is 42.9 Å². The molecule has 0 aliphatic rings. The minimum atomic E-state index is -2.79. The molecular formula is C7H8N2NaO4S. The zero-order valence-electron chi connectivity index (χ0n) is 8.26. The molecule has 0 amide bonds. The molecule has 0 spiro atoms. The average Bonchev–Trinajstić information content (AvgIpc) is 2.07. The number of hydrogen-bond donors (Lipinski definition) is 2. The van der Waals surface area contributed by atoms with Gasteiger partial charge in [0.1, 0.15) is 0 Å². The number of benzene rings is 1.